The lowest BCUT2D eigenvalue weighted by molar-refractivity contribution is 0.354. The van der Waals surface area contributed by atoms with Crippen molar-refractivity contribution in [3.05, 3.63) is 17.7 Å². The summed E-state index contributed by atoms with van der Waals surface area (Å²) in [5.41, 5.74) is 1.86. The van der Waals surface area contributed by atoms with Gasteiger partial charge in [-0.05, 0) is 11.6 Å². The highest BCUT2D eigenvalue weighted by molar-refractivity contribution is 6.22. The van der Waals surface area contributed by atoms with E-state index in [1.165, 1.54) is 0 Å². The Morgan fingerprint density at radius 2 is 1.93 bits per heavy atom. The zero-order valence-electron chi connectivity index (χ0n) is 8.66. The van der Waals surface area contributed by atoms with Crippen molar-refractivity contribution in [2.24, 2.45) is 4.99 Å². The number of hydrogen-bond donors (Lipinski definition) is 0. The molecule has 1 unspecified atom stereocenters. The van der Waals surface area contributed by atoms with Gasteiger partial charge in [-0.3, -0.25) is 4.99 Å². The van der Waals surface area contributed by atoms with Gasteiger partial charge in [-0.2, -0.15) is 0 Å². The SMILES string of the molecule is COc1cc2c(cc1OC)C(Cl)CC=N2. The lowest BCUT2D eigenvalue weighted by atomic mass is 10.0. The van der Waals surface area contributed by atoms with Gasteiger partial charge in [0.15, 0.2) is 11.5 Å². The van der Waals surface area contributed by atoms with Crippen molar-refractivity contribution >= 4 is 23.5 Å². The standard InChI is InChI=1S/C11H12ClNO2/c1-14-10-5-7-8(12)3-4-13-9(7)6-11(10)15-2/h4-6,8H,3H2,1-2H3. The van der Waals surface area contributed by atoms with Crippen LogP contribution in [0.2, 0.25) is 0 Å². The van der Waals surface area contributed by atoms with Crippen molar-refractivity contribution < 1.29 is 9.47 Å². The fourth-order valence-electron chi connectivity index (χ4n) is 1.62. The maximum Gasteiger partial charge on any atom is 0.162 e. The first kappa shape index (κ1) is 10.3. The Morgan fingerprint density at radius 1 is 1.27 bits per heavy atom. The molecule has 1 aliphatic rings. The number of ether oxygens (including phenoxy) is 2. The Labute approximate surface area is 93.7 Å². The molecule has 0 amide bonds. The zero-order valence-corrected chi connectivity index (χ0v) is 9.41. The molecule has 1 aromatic rings. The highest BCUT2D eigenvalue weighted by atomic mass is 35.5. The normalized spacial score (nSPS) is 18.5. The Kier molecular flexibility index (Phi) is 2.82. The second kappa shape index (κ2) is 4.11. The molecule has 1 aliphatic heterocycles. The summed E-state index contributed by atoms with van der Waals surface area (Å²) < 4.78 is 10.4. The molecule has 0 radical (unpaired) electrons. The zero-order chi connectivity index (χ0) is 10.8. The second-order valence-corrected chi connectivity index (χ2v) is 3.81. The van der Waals surface area contributed by atoms with Crippen LogP contribution in [0.25, 0.3) is 0 Å². The van der Waals surface area contributed by atoms with E-state index in [2.05, 4.69) is 4.99 Å². The molecule has 0 saturated heterocycles. The molecule has 0 aromatic heterocycles. The molecule has 0 N–H and O–H groups in total. The van der Waals surface area contributed by atoms with Gasteiger partial charge in [0.2, 0.25) is 0 Å². The molecule has 0 bridgehead atoms. The smallest absolute Gasteiger partial charge is 0.162 e. The van der Waals surface area contributed by atoms with Gasteiger partial charge in [-0.25, -0.2) is 0 Å². The van der Waals surface area contributed by atoms with Crippen LogP contribution in [0.3, 0.4) is 0 Å². The monoisotopic (exact) mass is 225 g/mol. The van der Waals surface area contributed by atoms with E-state index in [1.54, 1.807) is 14.2 Å². The molecule has 4 heteroatoms. The molecule has 2 rings (SSSR count). The van der Waals surface area contributed by atoms with Crippen LogP contribution in [-0.2, 0) is 0 Å². The van der Waals surface area contributed by atoms with E-state index in [9.17, 15) is 0 Å². The van der Waals surface area contributed by atoms with Gasteiger partial charge in [0.25, 0.3) is 0 Å². The topological polar surface area (TPSA) is 30.8 Å². The van der Waals surface area contributed by atoms with Crippen LogP contribution in [0.15, 0.2) is 17.1 Å². The van der Waals surface area contributed by atoms with Gasteiger partial charge < -0.3 is 9.47 Å². The molecular weight excluding hydrogens is 214 g/mol. The lowest BCUT2D eigenvalue weighted by Gasteiger charge is -2.17. The molecule has 80 valence electrons. The summed E-state index contributed by atoms with van der Waals surface area (Å²) in [6.07, 6.45) is 2.58. The molecule has 1 aromatic carbocycles. The summed E-state index contributed by atoms with van der Waals surface area (Å²) in [6.45, 7) is 0. The van der Waals surface area contributed by atoms with Crippen LogP contribution in [0, 0.1) is 0 Å². The minimum absolute atomic E-state index is 0.0303. The molecule has 0 fully saturated rings. The van der Waals surface area contributed by atoms with Gasteiger partial charge in [0.05, 0.1) is 25.3 Å². The number of benzene rings is 1. The van der Waals surface area contributed by atoms with E-state index in [-0.39, 0.29) is 5.38 Å². The molecule has 1 heterocycles. The summed E-state index contributed by atoms with van der Waals surface area (Å²) in [5.74, 6) is 1.37. The highest BCUT2D eigenvalue weighted by Crippen LogP contribution is 2.42. The third-order valence-electron chi connectivity index (χ3n) is 2.41. The fourth-order valence-corrected chi connectivity index (χ4v) is 1.87. The van der Waals surface area contributed by atoms with Gasteiger partial charge in [0.1, 0.15) is 0 Å². The van der Waals surface area contributed by atoms with Gasteiger partial charge in [-0.15, -0.1) is 11.6 Å². The van der Waals surface area contributed by atoms with Crippen LogP contribution < -0.4 is 9.47 Å². The number of rotatable bonds is 2. The van der Waals surface area contributed by atoms with E-state index in [0.29, 0.717) is 11.5 Å². The average Bonchev–Trinajstić information content (AvgIpc) is 2.28. The molecule has 0 aliphatic carbocycles. The number of fused-ring (bicyclic) bond motifs is 1. The number of nitrogens with zero attached hydrogens (tertiary/aromatic N) is 1. The third-order valence-corrected chi connectivity index (χ3v) is 2.83. The van der Waals surface area contributed by atoms with Crippen LogP contribution in [0.4, 0.5) is 5.69 Å². The Morgan fingerprint density at radius 3 is 2.60 bits per heavy atom. The first-order chi connectivity index (χ1) is 7.26. The first-order valence-electron chi connectivity index (χ1n) is 4.68. The van der Waals surface area contributed by atoms with E-state index in [0.717, 1.165) is 17.7 Å². The number of aliphatic imine (C=N–C) groups is 1. The van der Waals surface area contributed by atoms with Crippen molar-refractivity contribution in [3.63, 3.8) is 0 Å². The third kappa shape index (κ3) is 1.79. The van der Waals surface area contributed by atoms with Crippen molar-refractivity contribution in [1.29, 1.82) is 0 Å². The number of alkyl halides is 1. The first-order valence-corrected chi connectivity index (χ1v) is 5.12. The predicted molar refractivity (Wildman–Crippen MR) is 60.9 cm³/mol. The Hall–Kier alpha value is -1.22. The van der Waals surface area contributed by atoms with Gasteiger partial charge in [-0.1, -0.05) is 0 Å². The van der Waals surface area contributed by atoms with Crippen molar-refractivity contribution in [3.8, 4) is 11.5 Å². The summed E-state index contributed by atoms with van der Waals surface area (Å²) >= 11 is 6.18. The summed E-state index contributed by atoms with van der Waals surface area (Å²) in [7, 11) is 3.22. The molecule has 3 nitrogen and oxygen atoms in total. The van der Waals surface area contributed by atoms with E-state index >= 15 is 0 Å². The van der Waals surface area contributed by atoms with Crippen molar-refractivity contribution in [2.45, 2.75) is 11.8 Å². The largest absolute Gasteiger partial charge is 0.493 e. The lowest BCUT2D eigenvalue weighted by Crippen LogP contribution is -2.00. The molecule has 0 saturated carbocycles. The van der Waals surface area contributed by atoms with Crippen LogP contribution in [-0.4, -0.2) is 20.4 Å². The van der Waals surface area contributed by atoms with Crippen LogP contribution in [0.1, 0.15) is 17.4 Å². The van der Waals surface area contributed by atoms with E-state index < -0.39 is 0 Å². The van der Waals surface area contributed by atoms with E-state index in [1.807, 2.05) is 18.3 Å². The average molecular weight is 226 g/mol. The van der Waals surface area contributed by atoms with E-state index in [4.69, 9.17) is 21.1 Å². The summed E-state index contributed by atoms with van der Waals surface area (Å²) in [5, 5.41) is -0.0303. The Balaban J connectivity index is 2.54. The number of hydrogen-bond acceptors (Lipinski definition) is 3. The van der Waals surface area contributed by atoms with Crippen LogP contribution in [0.5, 0.6) is 11.5 Å². The minimum Gasteiger partial charge on any atom is -0.493 e. The molecule has 1 atom stereocenters. The summed E-state index contributed by atoms with van der Waals surface area (Å²) in [6, 6.07) is 3.74. The van der Waals surface area contributed by atoms with Gasteiger partial charge >= 0.3 is 0 Å². The van der Waals surface area contributed by atoms with Crippen molar-refractivity contribution in [2.75, 3.05) is 14.2 Å². The maximum absolute atomic E-state index is 6.18. The molecular formula is C11H12ClNO2. The predicted octanol–water partition coefficient (Wildman–Crippen LogP) is 3.09. The molecule has 0 spiro atoms. The number of halogens is 1. The number of methoxy groups -OCH3 is 2. The molecule has 15 heavy (non-hydrogen) atoms. The fraction of sp³-hybridized carbons (Fsp3) is 0.364. The summed E-state index contributed by atoms with van der Waals surface area (Å²) in [4.78, 5) is 4.28. The maximum atomic E-state index is 6.18. The minimum atomic E-state index is -0.0303. The second-order valence-electron chi connectivity index (χ2n) is 3.28. The van der Waals surface area contributed by atoms with Crippen molar-refractivity contribution in [1.82, 2.24) is 0 Å². The van der Waals surface area contributed by atoms with Crippen LogP contribution >= 0.6 is 11.6 Å². The Bertz CT molecular complexity index is 404. The van der Waals surface area contributed by atoms with Gasteiger partial charge in [0, 0.05) is 18.7 Å². The highest BCUT2D eigenvalue weighted by Gasteiger charge is 2.19. The quantitative estimate of drug-likeness (QED) is 0.725.